The minimum Gasteiger partial charge on any atom is -0.456 e. The van der Waals surface area contributed by atoms with Crippen LogP contribution >= 0.6 is 7.82 Å². The van der Waals surface area contributed by atoms with Gasteiger partial charge in [0.05, 0.1) is 33.8 Å². The van der Waals surface area contributed by atoms with Crippen molar-refractivity contribution in [1.29, 1.82) is 0 Å². The highest BCUT2D eigenvalue weighted by molar-refractivity contribution is 7.47. The molecule has 0 radical (unpaired) electrons. The van der Waals surface area contributed by atoms with Crippen molar-refractivity contribution in [3.8, 4) is 0 Å². The first-order valence-corrected chi connectivity index (χ1v) is 32.5. The zero-order chi connectivity index (χ0) is 53.6. The van der Waals surface area contributed by atoms with E-state index in [2.05, 4.69) is 62.5 Å². The van der Waals surface area contributed by atoms with E-state index < -0.39 is 20.0 Å². The number of likely N-dealkylation sites (N-methyl/N-ethyl adjacent to an activating group) is 1. The minimum atomic E-state index is -4.45. The Morgan fingerprint density at radius 2 is 0.836 bits per heavy atom. The summed E-state index contributed by atoms with van der Waals surface area (Å²) in [5, 5.41) is 3.05. The molecule has 428 valence electrons. The van der Waals surface area contributed by atoms with E-state index in [1.165, 1.54) is 180 Å². The molecule has 0 fully saturated rings. The van der Waals surface area contributed by atoms with Gasteiger partial charge in [0, 0.05) is 12.8 Å². The fourth-order valence-electron chi connectivity index (χ4n) is 8.93. The summed E-state index contributed by atoms with van der Waals surface area (Å²) < 4.78 is 30.7. The molecule has 0 saturated carbocycles. The number of hydrogen-bond donors (Lipinski definition) is 2. The molecular weight excluding hydrogens is 928 g/mol. The van der Waals surface area contributed by atoms with Gasteiger partial charge >= 0.3 is 13.8 Å². The van der Waals surface area contributed by atoms with E-state index in [-0.39, 0.29) is 31.5 Å². The predicted molar refractivity (Wildman–Crippen MR) is 314 cm³/mol. The van der Waals surface area contributed by atoms with Crippen LogP contribution in [0.25, 0.3) is 0 Å². The molecule has 0 aromatic heterocycles. The first kappa shape index (κ1) is 71.0. The van der Waals surface area contributed by atoms with Gasteiger partial charge in [-0.05, 0) is 83.1 Å². The van der Waals surface area contributed by atoms with E-state index >= 15 is 0 Å². The minimum absolute atomic E-state index is 0.0378. The molecule has 3 unspecified atom stereocenters. The number of nitrogens with one attached hydrogen (secondary N) is 1. The largest absolute Gasteiger partial charge is 0.472 e. The number of phosphoric ester groups is 1. The Morgan fingerprint density at radius 1 is 0.479 bits per heavy atom. The van der Waals surface area contributed by atoms with Crippen molar-refractivity contribution in [3.63, 3.8) is 0 Å². The molecule has 3 atom stereocenters. The summed E-state index contributed by atoms with van der Waals surface area (Å²) >= 11 is 0. The number of esters is 1. The van der Waals surface area contributed by atoms with Crippen molar-refractivity contribution >= 4 is 19.7 Å². The fourth-order valence-corrected chi connectivity index (χ4v) is 9.66. The zero-order valence-electron chi connectivity index (χ0n) is 48.9. The number of allylic oxidation sites excluding steroid dienone is 7. The quantitative estimate of drug-likeness (QED) is 0.0156. The summed E-state index contributed by atoms with van der Waals surface area (Å²) in [4.78, 5) is 37.7. The van der Waals surface area contributed by atoms with E-state index in [1.54, 1.807) is 0 Å². The molecule has 0 aromatic carbocycles. The third kappa shape index (κ3) is 54.6. The van der Waals surface area contributed by atoms with Crippen molar-refractivity contribution in [2.45, 2.75) is 303 Å². The number of carbonyl (C=O) groups is 2. The van der Waals surface area contributed by atoms with Crippen LogP contribution in [-0.4, -0.2) is 74.3 Å². The Labute approximate surface area is 452 Å². The number of unbranched alkanes of at least 4 members (excludes halogenated alkanes) is 35. The third-order valence-corrected chi connectivity index (χ3v) is 14.8. The number of nitrogens with zero attached hydrogens (tertiary/aromatic N) is 1. The highest BCUT2D eigenvalue weighted by Crippen LogP contribution is 2.43. The molecular formula is C63H120N2O7P+. The van der Waals surface area contributed by atoms with Gasteiger partial charge in [0.2, 0.25) is 5.91 Å². The van der Waals surface area contributed by atoms with Gasteiger partial charge < -0.3 is 19.4 Å². The number of quaternary nitrogens is 1. The van der Waals surface area contributed by atoms with E-state index in [4.69, 9.17) is 13.8 Å². The van der Waals surface area contributed by atoms with E-state index in [0.29, 0.717) is 17.4 Å². The Bertz CT molecular complexity index is 1390. The second kappa shape index (κ2) is 53.4. The molecule has 0 aromatic rings. The van der Waals surface area contributed by atoms with Crippen LogP contribution in [0, 0.1) is 0 Å². The van der Waals surface area contributed by atoms with Gasteiger partial charge in [0.15, 0.2) is 0 Å². The molecule has 0 spiro atoms. The zero-order valence-corrected chi connectivity index (χ0v) is 49.8. The van der Waals surface area contributed by atoms with Gasteiger partial charge in [-0.3, -0.25) is 18.6 Å². The maximum atomic E-state index is 13.5. The summed E-state index contributed by atoms with van der Waals surface area (Å²) in [6.45, 7) is 6.99. The van der Waals surface area contributed by atoms with Crippen LogP contribution in [-0.2, 0) is 27.9 Å². The van der Waals surface area contributed by atoms with Gasteiger partial charge in [-0.25, -0.2) is 4.57 Å². The molecule has 0 rings (SSSR count). The van der Waals surface area contributed by atoms with Gasteiger partial charge in [0.1, 0.15) is 19.3 Å². The second-order valence-corrected chi connectivity index (χ2v) is 23.7. The summed E-state index contributed by atoms with van der Waals surface area (Å²) in [5.41, 5.74) is 0. The van der Waals surface area contributed by atoms with Crippen LogP contribution in [0.4, 0.5) is 0 Å². The van der Waals surface area contributed by atoms with Crippen molar-refractivity contribution < 1.29 is 37.3 Å². The predicted octanol–water partition coefficient (Wildman–Crippen LogP) is 18.9. The molecule has 0 aliphatic heterocycles. The molecule has 73 heavy (non-hydrogen) atoms. The van der Waals surface area contributed by atoms with Crippen LogP contribution in [0.15, 0.2) is 48.6 Å². The van der Waals surface area contributed by atoms with Gasteiger partial charge in [0.25, 0.3) is 0 Å². The van der Waals surface area contributed by atoms with Crippen LogP contribution in [0.3, 0.4) is 0 Å². The Kier molecular flexibility index (Phi) is 51.9. The normalized spacial score (nSPS) is 14.0. The summed E-state index contributed by atoms with van der Waals surface area (Å²) in [6, 6.07) is -0.854. The standard InChI is InChI=1S/C63H119N2O7P/c1-7-10-13-16-19-22-25-28-30-31-32-33-35-38-41-44-47-50-53-56-63(67)72-61(54-51-48-45-42-39-36-27-24-21-18-15-12-9-3)60(59-71-73(68,69)70-58-57-65(4,5)6)64-62(66)55-52-49-46-43-40-37-34-29-26-23-20-17-14-11-8-2/h20,23,26,28-30,51,54,60-61H,7-19,21-22,24-25,27,31-50,52-53,55-59H2,1-6H3,(H-,64,66,68,69)/p+1/b23-20+,29-26+,30-28+,54-51+. The van der Waals surface area contributed by atoms with Crippen LogP contribution in [0.1, 0.15) is 290 Å². The third-order valence-electron chi connectivity index (χ3n) is 13.8. The topological polar surface area (TPSA) is 111 Å². The number of rotatable bonds is 56. The molecule has 0 aliphatic carbocycles. The smallest absolute Gasteiger partial charge is 0.456 e. The first-order chi connectivity index (χ1) is 35.4. The summed E-state index contributed by atoms with van der Waals surface area (Å²) in [5.74, 6) is -0.513. The molecule has 0 heterocycles. The van der Waals surface area contributed by atoms with Gasteiger partial charge in [-0.15, -0.1) is 0 Å². The lowest BCUT2D eigenvalue weighted by Crippen LogP contribution is -2.47. The SMILES string of the molecule is CCCCC/C=C/C=C/CCCCCCCCC(=O)NC(COP(=O)(O)OCC[N+](C)(C)C)C(/C=C/CCCCCCCCCCCCC)OC(=O)CCCCCCCCCCC/C=C/CCCCCCCC. The average molecular weight is 1050 g/mol. The van der Waals surface area contributed by atoms with E-state index in [0.717, 1.165) is 77.0 Å². The Hall–Kier alpha value is -2.03. The lowest BCUT2D eigenvalue weighted by atomic mass is 10.0. The maximum absolute atomic E-state index is 13.5. The summed E-state index contributed by atoms with van der Waals surface area (Å²) in [6.07, 6.45) is 65.3. The number of phosphoric acid groups is 1. The molecule has 1 amide bonds. The average Bonchev–Trinajstić information content (AvgIpc) is 3.35. The Morgan fingerprint density at radius 3 is 1.27 bits per heavy atom. The van der Waals surface area contributed by atoms with Gasteiger partial charge in [-0.1, -0.05) is 243 Å². The maximum Gasteiger partial charge on any atom is 0.472 e. The van der Waals surface area contributed by atoms with Crippen molar-refractivity contribution in [1.82, 2.24) is 5.32 Å². The monoisotopic (exact) mass is 1050 g/mol. The molecule has 10 heteroatoms. The number of amides is 1. The molecule has 0 bridgehead atoms. The van der Waals surface area contributed by atoms with Crippen LogP contribution in [0.5, 0.6) is 0 Å². The lowest BCUT2D eigenvalue weighted by molar-refractivity contribution is -0.870. The Balaban J connectivity index is 5.29. The van der Waals surface area contributed by atoms with E-state index in [1.807, 2.05) is 33.3 Å². The van der Waals surface area contributed by atoms with Crippen molar-refractivity contribution in [3.05, 3.63) is 48.6 Å². The number of ether oxygens (including phenoxy) is 1. The first-order valence-electron chi connectivity index (χ1n) is 31.0. The molecule has 0 aliphatic rings. The summed E-state index contributed by atoms with van der Waals surface area (Å²) in [7, 11) is 1.49. The second-order valence-electron chi connectivity index (χ2n) is 22.3. The number of hydrogen-bond acceptors (Lipinski definition) is 6. The van der Waals surface area contributed by atoms with Crippen molar-refractivity contribution in [2.75, 3.05) is 40.9 Å². The molecule has 9 nitrogen and oxygen atoms in total. The van der Waals surface area contributed by atoms with Gasteiger partial charge in [-0.2, -0.15) is 0 Å². The lowest BCUT2D eigenvalue weighted by Gasteiger charge is -2.27. The van der Waals surface area contributed by atoms with Crippen LogP contribution in [0.2, 0.25) is 0 Å². The fraction of sp³-hybridized carbons (Fsp3) is 0.841. The number of carbonyl (C=O) groups excluding carboxylic acids is 2. The van der Waals surface area contributed by atoms with Crippen molar-refractivity contribution in [2.24, 2.45) is 0 Å². The highest BCUT2D eigenvalue weighted by Gasteiger charge is 2.30. The van der Waals surface area contributed by atoms with E-state index in [9.17, 15) is 19.0 Å². The highest BCUT2D eigenvalue weighted by atomic mass is 31.2. The molecule has 2 N–H and O–H groups in total. The van der Waals surface area contributed by atoms with Crippen LogP contribution < -0.4 is 5.32 Å². The molecule has 0 saturated heterocycles.